The maximum Gasteiger partial charge on any atom is 0.191 e. The van der Waals surface area contributed by atoms with E-state index in [0.29, 0.717) is 12.6 Å². The number of aromatic nitrogens is 2. The molecule has 1 saturated heterocycles. The van der Waals surface area contributed by atoms with Crippen molar-refractivity contribution >= 4 is 5.96 Å². The highest BCUT2D eigenvalue weighted by atomic mass is 16.5. The number of hydrogen-bond donors (Lipinski definition) is 2. The van der Waals surface area contributed by atoms with Crippen molar-refractivity contribution in [1.29, 1.82) is 0 Å². The summed E-state index contributed by atoms with van der Waals surface area (Å²) in [5.41, 5.74) is 4.42. The molecule has 1 aromatic carbocycles. The zero-order chi connectivity index (χ0) is 22.1. The summed E-state index contributed by atoms with van der Waals surface area (Å²) in [5.74, 6) is 0.892. The molecule has 2 N–H and O–H groups in total. The first-order chi connectivity index (χ1) is 15.1. The van der Waals surface area contributed by atoms with Gasteiger partial charge in [-0.2, -0.15) is 5.10 Å². The minimum atomic E-state index is 0.461. The van der Waals surface area contributed by atoms with Gasteiger partial charge in [-0.1, -0.05) is 18.2 Å². The fourth-order valence-corrected chi connectivity index (χ4v) is 4.13. The van der Waals surface area contributed by atoms with E-state index < -0.39 is 0 Å². The van der Waals surface area contributed by atoms with Gasteiger partial charge in [-0.3, -0.25) is 0 Å². The normalized spacial score (nSPS) is 15.9. The molecule has 1 aliphatic heterocycles. The molecule has 3 rings (SSSR count). The van der Waals surface area contributed by atoms with Crippen LogP contribution in [0.15, 0.2) is 35.3 Å². The van der Waals surface area contributed by atoms with Crippen molar-refractivity contribution in [2.24, 2.45) is 4.99 Å². The van der Waals surface area contributed by atoms with E-state index >= 15 is 0 Å². The van der Waals surface area contributed by atoms with E-state index in [-0.39, 0.29) is 0 Å². The molecule has 0 radical (unpaired) electrons. The molecule has 7 heteroatoms. The second-order valence-corrected chi connectivity index (χ2v) is 8.27. The lowest BCUT2D eigenvalue weighted by molar-refractivity contribution is 0.155. The summed E-state index contributed by atoms with van der Waals surface area (Å²) in [6.07, 6.45) is 3.38. The standard InChI is InChI=1S/C24H38N6O/c1-5-25-24(27-22-11-14-29(15-12-22)13-8-16-31-4)26-18-21-9-6-7-10-23(21)30-20(3)17-19(2)28-30/h6-7,9-10,17,22H,5,8,11-16,18H2,1-4H3,(H2,25,26,27). The largest absolute Gasteiger partial charge is 0.385 e. The zero-order valence-corrected chi connectivity index (χ0v) is 19.5. The van der Waals surface area contributed by atoms with Gasteiger partial charge in [-0.25, -0.2) is 9.67 Å². The Morgan fingerprint density at radius 2 is 2.00 bits per heavy atom. The van der Waals surface area contributed by atoms with Gasteiger partial charge in [0.15, 0.2) is 5.96 Å². The summed E-state index contributed by atoms with van der Waals surface area (Å²) in [7, 11) is 1.77. The SMILES string of the molecule is CCNC(=NCc1ccccc1-n1nc(C)cc1C)NC1CCN(CCCOC)CC1. The summed E-state index contributed by atoms with van der Waals surface area (Å²) in [4.78, 5) is 7.44. The van der Waals surface area contributed by atoms with Crippen LogP contribution >= 0.6 is 0 Å². The molecule has 31 heavy (non-hydrogen) atoms. The maximum atomic E-state index is 5.17. The second kappa shape index (κ2) is 11.9. The van der Waals surface area contributed by atoms with Crippen LogP contribution in [0.25, 0.3) is 5.69 Å². The van der Waals surface area contributed by atoms with Gasteiger partial charge < -0.3 is 20.3 Å². The first kappa shape index (κ1) is 23.3. The Labute approximate surface area is 186 Å². The number of aliphatic imine (C=N–C) groups is 1. The lowest BCUT2D eigenvalue weighted by atomic mass is 10.1. The summed E-state index contributed by atoms with van der Waals surface area (Å²) in [5, 5.41) is 11.7. The Morgan fingerprint density at radius 3 is 2.68 bits per heavy atom. The molecule has 2 heterocycles. The molecular formula is C24H38N6O. The average Bonchev–Trinajstić information content (AvgIpc) is 3.11. The Kier molecular flexibility index (Phi) is 8.91. The van der Waals surface area contributed by atoms with E-state index in [1.807, 2.05) is 11.6 Å². The van der Waals surface area contributed by atoms with Crippen LogP contribution in [-0.4, -0.2) is 66.6 Å². The third kappa shape index (κ3) is 6.80. The monoisotopic (exact) mass is 426 g/mol. The van der Waals surface area contributed by atoms with E-state index in [1.165, 1.54) is 5.56 Å². The first-order valence-corrected chi connectivity index (χ1v) is 11.5. The number of nitrogens with zero attached hydrogens (tertiary/aromatic N) is 4. The van der Waals surface area contributed by atoms with E-state index in [1.54, 1.807) is 7.11 Å². The Bertz CT molecular complexity index is 838. The number of methoxy groups -OCH3 is 1. The molecule has 7 nitrogen and oxygen atoms in total. The van der Waals surface area contributed by atoms with Gasteiger partial charge in [0.05, 0.1) is 17.9 Å². The molecular weight excluding hydrogens is 388 g/mol. The minimum Gasteiger partial charge on any atom is -0.385 e. The van der Waals surface area contributed by atoms with E-state index in [2.05, 4.69) is 64.8 Å². The predicted octanol–water partition coefficient (Wildman–Crippen LogP) is 3.05. The highest BCUT2D eigenvalue weighted by Gasteiger charge is 2.19. The van der Waals surface area contributed by atoms with E-state index in [0.717, 1.165) is 75.1 Å². The number of piperidine rings is 1. The second-order valence-electron chi connectivity index (χ2n) is 8.27. The summed E-state index contributed by atoms with van der Waals surface area (Å²) in [6.45, 7) is 11.9. The third-order valence-electron chi connectivity index (χ3n) is 5.73. The lowest BCUT2D eigenvalue weighted by Gasteiger charge is -2.33. The summed E-state index contributed by atoms with van der Waals surface area (Å²) < 4.78 is 7.19. The number of ether oxygens (including phenoxy) is 1. The van der Waals surface area contributed by atoms with Crippen molar-refractivity contribution in [3.8, 4) is 5.69 Å². The Hall–Kier alpha value is -2.38. The number of hydrogen-bond acceptors (Lipinski definition) is 4. The topological polar surface area (TPSA) is 66.7 Å². The molecule has 0 saturated carbocycles. The number of guanidine groups is 1. The van der Waals surface area contributed by atoms with Crippen LogP contribution in [0.3, 0.4) is 0 Å². The van der Waals surface area contributed by atoms with Gasteiger partial charge in [0.2, 0.25) is 0 Å². The van der Waals surface area contributed by atoms with Crippen LogP contribution in [0, 0.1) is 13.8 Å². The number of aryl methyl sites for hydroxylation is 2. The van der Waals surface area contributed by atoms with Gasteiger partial charge in [0.1, 0.15) is 0 Å². The molecule has 1 aromatic heterocycles. The van der Waals surface area contributed by atoms with Crippen molar-refractivity contribution in [3.05, 3.63) is 47.3 Å². The van der Waals surface area contributed by atoms with E-state index in [4.69, 9.17) is 9.73 Å². The Balaban J connectivity index is 1.62. The van der Waals surface area contributed by atoms with Gasteiger partial charge in [-0.15, -0.1) is 0 Å². The molecule has 0 aliphatic carbocycles. The van der Waals surface area contributed by atoms with Crippen LogP contribution in [-0.2, 0) is 11.3 Å². The quantitative estimate of drug-likeness (QED) is 0.367. The fourth-order valence-electron chi connectivity index (χ4n) is 4.13. The zero-order valence-electron chi connectivity index (χ0n) is 19.5. The van der Waals surface area contributed by atoms with E-state index in [9.17, 15) is 0 Å². The lowest BCUT2D eigenvalue weighted by Crippen LogP contribution is -2.48. The van der Waals surface area contributed by atoms with Crippen LogP contribution < -0.4 is 10.6 Å². The van der Waals surface area contributed by atoms with Crippen LogP contribution in [0.4, 0.5) is 0 Å². The molecule has 1 aliphatic rings. The third-order valence-corrected chi connectivity index (χ3v) is 5.73. The van der Waals surface area contributed by atoms with Crippen molar-refractivity contribution in [3.63, 3.8) is 0 Å². The molecule has 0 amide bonds. The van der Waals surface area contributed by atoms with Crippen molar-refractivity contribution in [2.45, 2.75) is 52.6 Å². The van der Waals surface area contributed by atoms with Crippen LogP contribution in [0.2, 0.25) is 0 Å². The molecule has 0 bridgehead atoms. The van der Waals surface area contributed by atoms with Crippen LogP contribution in [0.1, 0.15) is 43.1 Å². The molecule has 0 atom stereocenters. The summed E-state index contributed by atoms with van der Waals surface area (Å²) >= 11 is 0. The van der Waals surface area contributed by atoms with Gasteiger partial charge >= 0.3 is 0 Å². The number of nitrogens with one attached hydrogen (secondary N) is 2. The highest BCUT2D eigenvalue weighted by Crippen LogP contribution is 2.18. The van der Waals surface area contributed by atoms with Crippen molar-refractivity contribution < 1.29 is 4.74 Å². The molecule has 0 spiro atoms. The van der Waals surface area contributed by atoms with Gasteiger partial charge in [0, 0.05) is 51.6 Å². The maximum absolute atomic E-state index is 5.17. The predicted molar refractivity (Wildman–Crippen MR) is 127 cm³/mol. The number of likely N-dealkylation sites (tertiary alicyclic amines) is 1. The Morgan fingerprint density at radius 1 is 1.23 bits per heavy atom. The molecule has 2 aromatic rings. The van der Waals surface area contributed by atoms with Crippen molar-refractivity contribution in [1.82, 2.24) is 25.3 Å². The molecule has 170 valence electrons. The summed E-state index contributed by atoms with van der Waals surface area (Å²) in [6, 6.07) is 10.9. The average molecular weight is 427 g/mol. The van der Waals surface area contributed by atoms with Crippen molar-refractivity contribution in [2.75, 3.05) is 39.9 Å². The number of para-hydroxylation sites is 1. The highest BCUT2D eigenvalue weighted by molar-refractivity contribution is 5.80. The van der Waals surface area contributed by atoms with Gasteiger partial charge in [-0.05, 0) is 57.7 Å². The van der Waals surface area contributed by atoms with Crippen LogP contribution in [0.5, 0.6) is 0 Å². The number of rotatable bonds is 9. The molecule has 1 fully saturated rings. The van der Waals surface area contributed by atoms with Gasteiger partial charge in [0.25, 0.3) is 0 Å². The minimum absolute atomic E-state index is 0.461. The fraction of sp³-hybridized carbons (Fsp3) is 0.583. The number of benzene rings is 1. The molecule has 0 unspecified atom stereocenters. The first-order valence-electron chi connectivity index (χ1n) is 11.5. The smallest absolute Gasteiger partial charge is 0.191 e.